The van der Waals surface area contributed by atoms with E-state index in [1.165, 1.54) is 0 Å². The molecule has 0 unspecified atom stereocenters. The smallest absolute Gasteiger partial charge is 0.312 e. The molecule has 1 fully saturated rings. The van der Waals surface area contributed by atoms with Gasteiger partial charge in [-0.15, -0.1) is 0 Å². The van der Waals surface area contributed by atoms with Crippen molar-refractivity contribution >= 4 is 11.8 Å². The van der Waals surface area contributed by atoms with Gasteiger partial charge in [0.1, 0.15) is 5.75 Å². The van der Waals surface area contributed by atoms with Crippen LogP contribution in [0.15, 0.2) is 54.6 Å². The van der Waals surface area contributed by atoms with E-state index in [0.717, 1.165) is 11.1 Å². The summed E-state index contributed by atoms with van der Waals surface area (Å²) in [5.74, 6) is -0.793. The highest BCUT2D eigenvalue weighted by Gasteiger charge is 2.33. The lowest BCUT2D eigenvalue weighted by atomic mass is 10.0. The average Bonchev–Trinajstić information content (AvgIpc) is 2.60. The summed E-state index contributed by atoms with van der Waals surface area (Å²) in [7, 11) is 0. The van der Waals surface area contributed by atoms with Crippen LogP contribution in [0.5, 0.6) is 5.75 Å². The molecule has 0 spiro atoms. The Labute approximate surface area is 140 Å². The summed E-state index contributed by atoms with van der Waals surface area (Å²) in [5.41, 5.74) is 2.16. The van der Waals surface area contributed by atoms with Gasteiger partial charge in [0.05, 0.1) is 6.04 Å². The van der Waals surface area contributed by atoms with Crippen molar-refractivity contribution in [1.29, 1.82) is 0 Å². The van der Waals surface area contributed by atoms with E-state index in [1.807, 2.05) is 42.5 Å². The van der Waals surface area contributed by atoms with Crippen LogP contribution in [-0.4, -0.2) is 41.0 Å². The van der Waals surface area contributed by atoms with Gasteiger partial charge in [-0.1, -0.05) is 42.5 Å². The predicted molar refractivity (Wildman–Crippen MR) is 90.5 cm³/mol. The van der Waals surface area contributed by atoms with Crippen molar-refractivity contribution < 1.29 is 14.7 Å². The summed E-state index contributed by atoms with van der Waals surface area (Å²) >= 11 is 0. The van der Waals surface area contributed by atoms with Crippen molar-refractivity contribution in [3.05, 3.63) is 65.7 Å². The molecule has 5 nitrogen and oxygen atoms in total. The molecule has 1 saturated heterocycles. The summed E-state index contributed by atoms with van der Waals surface area (Å²) in [6.45, 7) is 0.958. The van der Waals surface area contributed by atoms with Gasteiger partial charge in [-0.25, -0.2) is 0 Å². The maximum Gasteiger partial charge on any atom is 0.312 e. The molecule has 0 bridgehead atoms. The van der Waals surface area contributed by atoms with Crippen molar-refractivity contribution in [2.75, 3.05) is 13.1 Å². The van der Waals surface area contributed by atoms with Gasteiger partial charge in [0, 0.05) is 13.1 Å². The fourth-order valence-electron chi connectivity index (χ4n) is 2.96. The van der Waals surface area contributed by atoms with Gasteiger partial charge in [0.2, 0.25) is 0 Å². The number of benzene rings is 2. The molecule has 2 amide bonds. The zero-order valence-corrected chi connectivity index (χ0v) is 13.3. The molecule has 24 heavy (non-hydrogen) atoms. The lowest BCUT2D eigenvalue weighted by Gasteiger charge is -2.35. The lowest BCUT2D eigenvalue weighted by molar-refractivity contribution is -0.150. The van der Waals surface area contributed by atoms with E-state index in [0.29, 0.717) is 25.9 Å². The zero-order valence-electron chi connectivity index (χ0n) is 13.3. The van der Waals surface area contributed by atoms with Crippen LogP contribution in [0.4, 0.5) is 0 Å². The van der Waals surface area contributed by atoms with Crippen LogP contribution in [0.3, 0.4) is 0 Å². The van der Waals surface area contributed by atoms with E-state index >= 15 is 0 Å². The summed E-state index contributed by atoms with van der Waals surface area (Å²) in [6.07, 6.45) is 1.35. The van der Waals surface area contributed by atoms with Crippen molar-refractivity contribution in [2.45, 2.75) is 18.9 Å². The van der Waals surface area contributed by atoms with Gasteiger partial charge < -0.3 is 15.3 Å². The number of phenolic OH excluding ortho intramolecular Hbond substituents is 1. The standard InChI is InChI=1S/C19H20N2O3/c22-17-8-6-15(7-9-17)12-16-13-20-18(23)19(24)21(16)11-10-14-4-2-1-3-5-14/h1-9,16,22H,10-13H2,(H,20,23)/t16-/m0/s1. The van der Waals surface area contributed by atoms with Gasteiger partial charge in [-0.3, -0.25) is 9.59 Å². The Morgan fingerprint density at radius 3 is 2.42 bits per heavy atom. The van der Waals surface area contributed by atoms with E-state index in [-0.39, 0.29) is 11.8 Å². The molecule has 1 heterocycles. The third kappa shape index (κ3) is 3.74. The van der Waals surface area contributed by atoms with Gasteiger partial charge in [-0.05, 0) is 36.1 Å². The van der Waals surface area contributed by atoms with E-state index in [2.05, 4.69) is 5.32 Å². The molecule has 2 aromatic rings. The third-order valence-corrected chi connectivity index (χ3v) is 4.29. The Balaban J connectivity index is 1.71. The minimum absolute atomic E-state index is 0.0801. The van der Waals surface area contributed by atoms with Crippen molar-refractivity contribution in [3.8, 4) is 5.75 Å². The number of nitrogens with one attached hydrogen (secondary N) is 1. The molecule has 2 aromatic carbocycles. The molecule has 0 aromatic heterocycles. The van der Waals surface area contributed by atoms with Crippen molar-refractivity contribution in [2.24, 2.45) is 0 Å². The second-order valence-corrected chi connectivity index (χ2v) is 5.97. The van der Waals surface area contributed by atoms with E-state index in [9.17, 15) is 14.7 Å². The van der Waals surface area contributed by atoms with E-state index in [4.69, 9.17) is 0 Å². The fourth-order valence-corrected chi connectivity index (χ4v) is 2.96. The van der Waals surface area contributed by atoms with Gasteiger partial charge in [0.15, 0.2) is 0 Å². The Hall–Kier alpha value is -2.82. The topological polar surface area (TPSA) is 69.6 Å². The number of carbonyl (C=O) groups excluding carboxylic acids is 2. The highest BCUT2D eigenvalue weighted by molar-refractivity contribution is 6.35. The van der Waals surface area contributed by atoms with Crippen molar-refractivity contribution in [1.82, 2.24) is 10.2 Å². The number of aromatic hydroxyl groups is 1. The summed E-state index contributed by atoms with van der Waals surface area (Å²) < 4.78 is 0. The number of hydrogen-bond donors (Lipinski definition) is 2. The second-order valence-electron chi connectivity index (χ2n) is 5.97. The first-order valence-corrected chi connectivity index (χ1v) is 8.04. The highest BCUT2D eigenvalue weighted by atomic mass is 16.3. The number of rotatable bonds is 5. The molecule has 5 heteroatoms. The number of piperazine rings is 1. The quantitative estimate of drug-likeness (QED) is 0.819. The Morgan fingerprint density at radius 1 is 1.00 bits per heavy atom. The summed E-state index contributed by atoms with van der Waals surface area (Å²) in [4.78, 5) is 25.7. The molecule has 1 atom stereocenters. The minimum Gasteiger partial charge on any atom is -0.508 e. The first-order chi connectivity index (χ1) is 11.6. The molecule has 3 rings (SSSR count). The Bertz CT molecular complexity index is 713. The average molecular weight is 324 g/mol. The first-order valence-electron chi connectivity index (χ1n) is 8.04. The van der Waals surface area contributed by atoms with Gasteiger partial charge in [0.25, 0.3) is 0 Å². The number of amides is 2. The number of nitrogens with zero attached hydrogens (tertiary/aromatic N) is 1. The van der Waals surface area contributed by atoms with Crippen LogP contribution in [0.2, 0.25) is 0 Å². The molecule has 1 aliphatic rings. The van der Waals surface area contributed by atoms with E-state index < -0.39 is 11.8 Å². The van der Waals surface area contributed by atoms with Crippen LogP contribution in [0, 0.1) is 0 Å². The second kappa shape index (κ2) is 7.17. The number of hydrogen-bond acceptors (Lipinski definition) is 3. The molecule has 124 valence electrons. The fraction of sp³-hybridized carbons (Fsp3) is 0.263. The highest BCUT2D eigenvalue weighted by Crippen LogP contribution is 2.16. The molecule has 2 N–H and O–H groups in total. The lowest BCUT2D eigenvalue weighted by Crippen LogP contribution is -2.59. The maximum atomic E-state index is 12.3. The summed E-state index contributed by atoms with van der Waals surface area (Å²) in [5, 5.41) is 12.0. The largest absolute Gasteiger partial charge is 0.508 e. The molecule has 0 aliphatic carbocycles. The minimum atomic E-state index is -0.537. The van der Waals surface area contributed by atoms with Crippen LogP contribution < -0.4 is 5.32 Å². The molecule has 0 radical (unpaired) electrons. The Morgan fingerprint density at radius 2 is 1.71 bits per heavy atom. The zero-order chi connectivity index (χ0) is 16.9. The van der Waals surface area contributed by atoms with Crippen molar-refractivity contribution in [3.63, 3.8) is 0 Å². The molecular weight excluding hydrogens is 304 g/mol. The first kappa shape index (κ1) is 16.1. The maximum absolute atomic E-state index is 12.3. The van der Waals surface area contributed by atoms with Gasteiger partial charge in [-0.2, -0.15) is 0 Å². The van der Waals surface area contributed by atoms with Crippen LogP contribution in [0.1, 0.15) is 11.1 Å². The summed E-state index contributed by atoms with van der Waals surface area (Å²) in [6, 6.07) is 16.8. The Kier molecular flexibility index (Phi) is 4.79. The SMILES string of the molecule is O=C1NC[C@H](Cc2ccc(O)cc2)N(CCc2ccccc2)C1=O. The predicted octanol–water partition coefficient (Wildman–Crippen LogP) is 1.50. The third-order valence-electron chi connectivity index (χ3n) is 4.29. The number of phenols is 1. The van der Waals surface area contributed by atoms with Crippen LogP contribution in [0.25, 0.3) is 0 Å². The van der Waals surface area contributed by atoms with E-state index in [1.54, 1.807) is 17.0 Å². The van der Waals surface area contributed by atoms with Gasteiger partial charge >= 0.3 is 11.8 Å². The van der Waals surface area contributed by atoms with Crippen LogP contribution >= 0.6 is 0 Å². The monoisotopic (exact) mass is 324 g/mol. The number of carbonyl (C=O) groups is 2. The molecule has 0 saturated carbocycles. The molecular formula is C19H20N2O3. The normalized spacial score (nSPS) is 17.7. The molecule has 1 aliphatic heterocycles. The van der Waals surface area contributed by atoms with Crippen LogP contribution in [-0.2, 0) is 22.4 Å².